The Hall–Kier alpha value is -2.15. The van der Waals surface area contributed by atoms with E-state index in [1.807, 2.05) is 26.8 Å². The Morgan fingerprint density at radius 2 is 2.16 bits per heavy atom. The van der Waals surface area contributed by atoms with Crippen LogP contribution in [-0.4, -0.2) is 40.6 Å². The van der Waals surface area contributed by atoms with E-state index in [0.717, 1.165) is 31.4 Å². The number of carbonyl (C=O) groups excluding carboxylic acids is 1. The van der Waals surface area contributed by atoms with Gasteiger partial charge in [-0.3, -0.25) is 15.0 Å². The van der Waals surface area contributed by atoms with Gasteiger partial charge in [0.2, 0.25) is 0 Å². The Labute approximate surface area is 148 Å². The summed E-state index contributed by atoms with van der Waals surface area (Å²) in [4.78, 5) is 24.7. The van der Waals surface area contributed by atoms with Crippen LogP contribution in [0.3, 0.4) is 0 Å². The van der Waals surface area contributed by atoms with Crippen molar-refractivity contribution in [1.82, 2.24) is 10.2 Å². The van der Waals surface area contributed by atoms with Crippen molar-refractivity contribution in [1.29, 1.82) is 0 Å². The van der Waals surface area contributed by atoms with Crippen molar-refractivity contribution in [2.45, 2.75) is 58.2 Å². The van der Waals surface area contributed by atoms with Gasteiger partial charge in [0.15, 0.2) is 0 Å². The van der Waals surface area contributed by atoms with E-state index in [-0.39, 0.29) is 16.7 Å². The number of hydrogen-bond donors (Lipinski definition) is 1. The summed E-state index contributed by atoms with van der Waals surface area (Å²) in [6, 6.07) is 6.94. The minimum Gasteiger partial charge on any atom is -0.444 e. The highest BCUT2D eigenvalue weighted by Crippen LogP contribution is 2.21. The summed E-state index contributed by atoms with van der Waals surface area (Å²) < 4.78 is 5.28. The Bertz CT molecular complexity index is 613. The molecule has 2 rings (SSSR count). The van der Waals surface area contributed by atoms with Crippen LogP contribution in [0.2, 0.25) is 0 Å². The maximum Gasteiger partial charge on any atom is 0.407 e. The van der Waals surface area contributed by atoms with Crippen LogP contribution < -0.4 is 5.32 Å². The molecule has 0 spiro atoms. The summed E-state index contributed by atoms with van der Waals surface area (Å²) in [7, 11) is 0. The van der Waals surface area contributed by atoms with Gasteiger partial charge < -0.3 is 10.1 Å². The van der Waals surface area contributed by atoms with Gasteiger partial charge in [0.25, 0.3) is 5.69 Å². The molecule has 1 fully saturated rings. The number of rotatable bonds is 5. The van der Waals surface area contributed by atoms with E-state index >= 15 is 0 Å². The highest BCUT2D eigenvalue weighted by molar-refractivity contribution is 5.67. The second-order valence-electron chi connectivity index (χ2n) is 7.43. The van der Waals surface area contributed by atoms with Crippen molar-refractivity contribution in [3.8, 4) is 0 Å². The zero-order valence-electron chi connectivity index (χ0n) is 15.2. The molecular formula is C18H27N3O4. The van der Waals surface area contributed by atoms with E-state index in [4.69, 9.17) is 4.74 Å². The molecule has 1 amide bonds. The fourth-order valence-corrected chi connectivity index (χ4v) is 3.02. The number of non-ortho nitro benzene ring substituents is 1. The third-order valence-electron chi connectivity index (χ3n) is 4.14. The van der Waals surface area contributed by atoms with Crippen LogP contribution in [0.15, 0.2) is 24.3 Å². The van der Waals surface area contributed by atoms with E-state index in [1.54, 1.807) is 12.1 Å². The lowest BCUT2D eigenvalue weighted by molar-refractivity contribution is -0.384. The average Bonchev–Trinajstić information content (AvgIpc) is 2.52. The van der Waals surface area contributed by atoms with Crippen molar-refractivity contribution in [3.05, 3.63) is 39.9 Å². The zero-order chi connectivity index (χ0) is 18.4. The molecule has 7 heteroatoms. The van der Waals surface area contributed by atoms with Crippen molar-refractivity contribution >= 4 is 11.8 Å². The van der Waals surface area contributed by atoms with Gasteiger partial charge in [0.1, 0.15) is 5.60 Å². The Balaban J connectivity index is 1.95. The summed E-state index contributed by atoms with van der Waals surface area (Å²) in [5.74, 6) is 0. The number of nitrogens with zero attached hydrogens (tertiary/aromatic N) is 2. The Morgan fingerprint density at radius 3 is 2.84 bits per heavy atom. The van der Waals surface area contributed by atoms with Gasteiger partial charge >= 0.3 is 6.09 Å². The van der Waals surface area contributed by atoms with Gasteiger partial charge in [-0.15, -0.1) is 0 Å². The minimum absolute atomic E-state index is 0.109. The molecule has 1 aromatic rings. The van der Waals surface area contributed by atoms with E-state index < -0.39 is 11.7 Å². The maximum atomic E-state index is 11.9. The summed E-state index contributed by atoms with van der Waals surface area (Å²) in [5, 5.41) is 13.8. The summed E-state index contributed by atoms with van der Waals surface area (Å²) in [6.07, 6.45) is 2.79. The van der Waals surface area contributed by atoms with Crippen LogP contribution in [0.25, 0.3) is 0 Å². The molecular weight excluding hydrogens is 322 g/mol. The first-order chi connectivity index (χ1) is 11.7. The van der Waals surface area contributed by atoms with E-state index in [2.05, 4.69) is 10.2 Å². The van der Waals surface area contributed by atoms with E-state index in [9.17, 15) is 14.9 Å². The number of ether oxygens (including phenoxy) is 1. The number of nitro groups is 1. The normalized spacial score (nSPS) is 18.6. The highest BCUT2D eigenvalue weighted by Gasteiger charge is 2.24. The molecule has 1 saturated heterocycles. The molecule has 1 atom stereocenters. The van der Waals surface area contributed by atoms with Crippen LogP contribution in [0.1, 0.15) is 45.6 Å². The molecule has 0 aromatic heterocycles. The molecule has 1 unspecified atom stereocenters. The van der Waals surface area contributed by atoms with E-state index in [1.165, 1.54) is 6.07 Å². The van der Waals surface area contributed by atoms with Gasteiger partial charge in [-0.25, -0.2) is 4.79 Å². The number of nitro benzene ring substituents is 1. The van der Waals surface area contributed by atoms with E-state index in [0.29, 0.717) is 13.1 Å². The van der Waals surface area contributed by atoms with Crippen molar-refractivity contribution < 1.29 is 14.5 Å². The van der Waals surface area contributed by atoms with Gasteiger partial charge in [0, 0.05) is 31.3 Å². The summed E-state index contributed by atoms with van der Waals surface area (Å²) in [6.45, 7) is 7.58. The minimum atomic E-state index is -0.515. The fourth-order valence-electron chi connectivity index (χ4n) is 3.02. The molecule has 1 aliphatic heterocycles. The summed E-state index contributed by atoms with van der Waals surface area (Å²) in [5.41, 5.74) is 0.510. The third-order valence-corrected chi connectivity index (χ3v) is 4.14. The second kappa shape index (κ2) is 8.29. The van der Waals surface area contributed by atoms with Crippen molar-refractivity contribution in [2.24, 2.45) is 0 Å². The predicted octanol–water partition coefficient (Wildman–Crippen LogP) is 3.47. The number of alkyl carbamates (subject to hydrolysis) is 1. The number of hydrogen-bond acceptors (Lipinski definition) is 5. The van der Waals surface area contributed by atoms with Crippen LogP contribution in [0.4, 0.5) is 10.5 Å². The smallest absolute Gasteiger partial charge is 0.407 e. The van der Waals surface area contributed by atoms with Crippen LogP contribution >= 0.6 is 0 Å². The number of nitrogens with one attached hydrogen (secondary N) is 1. The maximum absolute atomic E-state index is 11.9. The molecule has 0 saturated carbocycles. The molecule has 25 heavy (non-hydrogen) atoms. The van der Waals surface area contributed by atoms with Gasteiger partial charge in [0.05, 0.1) is 4.92 Å². The number of carbonyl (C=O) groups is 1. The SMILES string of the molecule is CC(C)(C)OC(=O)NCC1CCCCN1Cc1cccc([N+](=O)[O-])c1. The standard InChI is InChI=1S/C18H27N3O4/c1-18(2,3)25-17(22)19-12-16-8-4-5-10-20(16)13-14-7-6-9-15(11-14)21(23)24/h6-7,9,11,16H,4-5,8,10,12-13H2,1-3H3,(H,19,22). The van der Waals surface area contributed by atoms with Gasteiger partial charge in [-0.1, -0.05) is 18.6 Å². The first-order valence-electron chi connectivity index (χ1n) is 8.69. The Morgan fingerprint density at radius 1 is 1.40 bits per heavy atom. The van der Waals surface area contributed by atoms with Crippen molar-refractivity contribution in [2.75, 3.05) is 13.1 Å². The largest absolute Gasteiger partial charge is 0.444 e. The average molecular weight is 349 g/mol. The first kappa shape index (κ1) is 19.2. The van der Waals surface area contributed by atoms with Crippen LogP contribution in [-0.2, 0) is 11.3 Å². The van der Waals surface area contributed by atoms with Crippen LogP contribution in [0.5, 0.6) is 0 Å². The number of benzene rings is 1. The molecule has 0 radical (unpaired) electrons. The molecule has 0 aliphatic carbocycles. The molecule has 7 nitrogen and oxygen atoms in total. The molecule has 1 heterocycles. The second-order valence-corrected chi connectivity index (χ2v) is 7.43. The fraction of sp³-hybridized carbons (Fsp3) is 0.611. The molecule has 1 aliphatic rings. The van der Waals surface area contributed by atoms with Crippen molar-refractivity contribution in [3.63, 3.8) is 0 Å². The predicted molar refractivity (Wildman–Crippen MR) is 95.4 cm³/mol. The highest BCUT2D eigenvalue weighted by atomic mass is 16.6. The quantitative estimate of drug-likeness (QED) is 0.650. The topological polar surface area (TPSA) is 84.7 Å². The Kier molecular flexibility index (Phi) is 6.36. The lowest BCUT2D eigenvalue weighted by atomic mass is 10.0. The van der Waals surface area contributed by atoms with Crippen LogP contribution in [0, 0.1) is 10.1 Å². The number of likely N-dealkylation sites (tertiary alicyclic amines) is 1. The van der Waals surface area contributed by atoms with Gasteiger partial charge in [-0.05, 0) is 45.7 Å². The lowest BCUT2D eigenvalue weighted by Gasteiger charge is -2.36. The molecule has 138 valence electrons. The summed E-state index contributed by atoms with van der Waals surface area (Å²) >= 11 is 0. The number of piperidine rings is 1. The lowest BCUT2D eigenvalue weighted by Crippen LogP contribution is -2.47. The monoisotopic (exact) mass is 349 g/mol. The third kappa shape index (κ3) is 6.34. The molecule has 1 aromatic carbocycles. The molecule has 1 N–H and O–H groups in total. The zero-order valence-corrected chi connectivity index (χ0v) is 15.2. The number of amides is 1. The van der Waals surface area contributed by atoms with Gasteiger partial charge in [-0.2, -0.15) is 0 Å². The molecule has 0 bridgehead atoms. The first-order valence-corrected chi connectivity index (χ1v) is 8.69.